The van der Waals surface area contributed by atoms with Gasteiger partial charge in [0.15, 0.2) is 6.29 Å². The summed E-state index contributed by atoms with van der Waals surface area (Å²) in [7, 11) is 0. The predicted molar refractivity (Wildman–Crippen MR) is 110 cm³/mol. The first-order valence-corrected chi connectivity index (χ1v) is 11.2. The van der Waals surface area contributed by atoms with Crippen molar-refractivity contribution in [2.24, 2.45) is 11.3 Å². The molecule has 9 nitrogen and oxygen atoms in total. The molecule has 8 unspecified atom stereocenters. The van der Waals surface area contributed by atoms with E-state index in [9.17, 15) is 24.9 Å². The second kappa shape index (κ2) is 8.87. The van der Waals surface area contributed by atoms with Crippen molar-refractivity contribution in [2.75, 3.05) is 13.2 Å². The number of carbonyl (C=O) groups excluding carboxylic acids is 2. The maximum absolute atomic E-state index is 12.0. The lowest BCUT2D eigenvalue weighted by Crippen LogP contribution is -2.59. The molecular formula is C23H32O9. The summed E-state index contributed by atoms with van der Waals surface area (Å²) in [5.74, 6) is -0.884. The van der Waals surface area contributed by atoms with E-state index in [1.807, 2.05) is 0 Å². The Balaban J connectivity index is 1.48. The number of carbonyl (C=O) groups is 2. The number of rotatable bonds is 5. The fraction of sp³-hybridized carbons (Fsp3) is 0.739. The first-order valence-electron chi connectivity index (χ1n) is 11.2. The summed E-state index contributed by atoms with van der Waals surface area (Å²) in [6.07, 6.45) is -2.46. The molecular weight excluding hydrogens is 420 g/mol. The largest absolute Gasteiger partial charge is 0.463 e. The van der Waals surface area contributed by atoms with Crippen LogP contribution in [-0.2, 0) is 28.5 Å². The van der Waals surface area contributed by atoms with E-state index >= 15 is 0 Å². The van der Waals surface area contributed by atoms with E-state index in [4.69, 9.17) is 18.9 Å². The monoisotopic (exact) mass is 452 g/mol. The molecule has 4 rings (SSSR count). The summed E-state index contributed by atoms with van der Waals surface area (Å²) in [6, 6.07) is 0. The van der Waals surface area contributed by atoms with E-state index in [1.165, 1.54) is 12.5 Å². The SMILES string of the molecule is C=C1C(=O)OC2CC3(C)CCCC(COC4OC(COC(C)=O)C(O)C(O)C4O)=C3CC12. The molecule has 2 aliphatic carbocycles. The van der Waals surface area contributed by atoms with Crippen molar-refractivity contribution < 1.29 is 43.9 Å². The van der Waals surface area contributed by atoms with Crippen LogP contribution < -0.4 is 0 Å². The minimum atomic E-state index is -1.50. The van der Waals surface area contributed by atoms with Crippen LogP contribution in [0.15, 0.2) is 23.3 Å². The molecule has 0 aromatic rings. The third-order valence-corrected chi connectivity index (χ3v) is 7.40. The Labute approximate surface area is 187 Å². The highest BCUT2D eigenvalue weighted by atomic mass is 16.7. The smallest absolute Gasteiger partial charge is 0.334 e. The van der Waals surface area contributed by atoms with Crippen LogP contribution in [0.5, 0.6) is 0 Å². The quantitative estimate of drug-likeness (QED) is 0.314. The summed E-state index contributed by atoms with van der Waals surface area (Å²) in [5.41, 5.74) is 2.76. The fourth-order valence-electron chi connectivity index (χ4n) is 5.54. The summed E-state index contributed by atoms with van der Waals surface area (Å²) < 4.78 is 21.9. The van der Waals surface area contributed by atoms with Crippen LogP contribution in [0.25, 0.3) is 0 Å². The van der Waals surface area contributed by atoms with Crippen LogP contribution in [0.2, 0.25) is 0 Å². The van der Waals surface area contributed by atoms with Gasteiger partial charge in [0, 0.05) is 18.4 Å². The molecule has 2 aliphatic heterocycles. The van der Waals surface area contributed by atoms with Gasteiger partial charge in [0.1, 0.15) is 37.1 Å². The van der Waals surface area contributed by atoms with Gasteiger partial charge in [-0.3, -0.25) is 4.79 Å². The third kappa shape index (κ3) is 4.24. The summed E-state index contributed by atoms with van der Waals surface area (Å²) in [6.45, 7) is 7.27. The fourth-order valence-corrected chi connectivity index (χ4v) is 5.54. The highest BCUT2D eigenvalue weighted by molar-refractivity contribution is 5.91. The minimum Gasteiger partial charge on any atom is -0.463 e. The second-order valence-electron chi connectivity index (χ2n) is 9.61. The van der Waals surface area contributed by atoms with Gasteiger partial charge in [0.25, 0.3) is 0 Å². The van der Waals surface area contributed by atoms with Crippen molar-refractivity contribution in [1.29, 1.82) is 0 Å². The molecule has 0 aromatic heterocycles. The van der Waals surface area contributed by atoms with Gasteiger partial charge in [-0.2, -0.15) is 0 Å². The van der Waals surface area contributed by atoms with Gasteiger partial charge < -0.3 is 34.3 Å². The van der Waals surface area contributed by atoms with E-state index in [2.05, 4.69) is 13.5 Å². The van der Waals surface area contributed by atoms with Crippen LogP contribution in [0, 0.1) is 11.3 Å². The molecule has 3 fully saturated rings. The van der Waals surface area contributed by atoms with Gasteiger partial charge in [0.05, 0.1) is 6.61 Å². The zero-order valence-corrected chi connectivity index (χ0v) is 18.5. The lowest BCUT2D eigenvalue weighted by molar-refractivity contribution is -0.299. The zero-order valence-electron chi connectivity index (χ0n) is 18.5. The standard InChI is InChI=1S/C23H32O9/c1-11-14-7-15-13(5-4-6-23(15,3)8-16(14)31-21(11)28)9-30-22-20(27)19(26)18(25)17(32-22)10-29-12(2)24/h14,16-20,22,25-27H,1,4-10H2,2-3H3. The molecule has 0 radical (unpaired) electrons. The van der Waals surface area contributed by atoms with E-state index in [-0.39, 0.29) is 36.6 Å². The first kappa shape index (κ1) is 23.4. The van der Waals surface area contributed by atoms with Gasteiger partial charge in [-0.05, 0) is 43.1 Å². The molecule has 2 saturated heterocycles. The summed E-state index contributed by atoms with van der Waals surface area (Å²) in [4.78, 5) is 23.1. The minimum absolute atomic E-state index is 0.0275. The highest BCUT2D eigenvalue weighted by Gasteiger charge is 2.50. The molecule has 1 saturated carbocycles. The Morgan fingerprint density at radius 1 is 1.25 bits per heavy atom. The number of fused-ring (bicyclic) bond motifs is 2. The molecule has 3 N–H and O–H groups in total. The van der Waals surface area contributed by atoms with Crippen molar-refractivity contribution in [1.82, 2.24) is 0 Å². The average molecular weight is 453 g/mol. The van der Waals surface area contributed by atoms with Crippen molar-refractivity contribution >= 4 is 11.9 Å². The van der Waals surface area contributed by atoms with E-state index in [0.29, 0.717) is 12.0 Å². The zero-order chi connectivity index (χ0) is 23.2. The molecule has 9 heteroatoms. The summed E-state index contributed by atoms with van der Waals surface area (Å²) >= 11 is 0. The van der Waals surface area contributed by atoms with Crippen LogP contribution in [0.4, 0.5) is 0 Å². The highest BCUT2D eigenvalue weighted by Crippen LogP contribution is 2.54. The van der Waals surface area contributed by atoms with Crippen LogP contribution in [0.3, 0.4) is 0 Å². The normalized spacial score (nSPS) is 41.7. The van der Waals surface area contributed by atoms with Gasteiger partial charge >= 0.3 is 11.9 Å². The number of ether oxygens (including phenoxy) is 4. The molecule has 0 aromatic carbocycles. The number of aliphatic hydroxyl groups excluding tert-OH is 3. The van der Waals surface area contributed by atoms with Gasteiger partial charge in [-0.15, -0.1) is 0 Å². The average Bonchev–Trinajstić information content (AvgIpc) is 3.01. The molecule has 0 bridgehead atoms. The Morgan fingerprint density at radius 2 is 2.00 bits per heavy atom. The van der Waals surface area contributed by atoms with E-state index in [0.717, 1.165) is 31.3 Å². The number of allylic oxidation sites excluding steroid dienone is 1. The topological polar surface area (TPSA) is 132 Å². The van der Waals surface area contributed by atoms with Gasteiger partial charge in [-0.25, -0.2) is 4.79 Å². The van der Waals surface area contributed by atoms with Crippen molar-refractivity contribution in [3.8, 4) is 0 Å². The van der Waals surface area contributed by atoms with Gasteiger partial charge in [-0.1, -0.05) is 19.1 Å². The van der Waals surface area contributed by atoms with Crippen LogP contribution >= 0.6 is 0 Å². The number of hydrogen-bond donors (Lipinski definition) is 3. The van der Waals surface area contributed by atoms with Crippen LogP contribution in [0.1, 0.15) is 46.0 Å². The van der Waals surface area contributed by atoms with Crippen molar-refractivity contribution in [2.45, 2.75) is 82.8 Å². The number of aliphatic hydroxyl groups is 3. The third-order valence-electron chi connectivity index (χ3n) is 7.40. The molecule has 8 atom stereocenters. The lowest BCUT2D eigenvalue weighted by atomic mass is 9.60. The Kier molecular flexibility index (Phi) is 6.48. The first-order chi connectivity index (χ1) is 15.1. The van der Waals surface area contributed by atoms with Crippen molar-refractivity contribution in [3.63, 3.8) is 0 Å². The van der Waals surface area contributed by atoms with Crippen LogP contribution in [-0.4, -0.2) is 77.3 Å². The Hall–Kier alpha value is -1.78. The molecule has 0 spiro atoms. The summed E-state index contributed by atoms with van der Waals surface area (Å²) in [5, 5.41) is 30.7. The molecule has 32 heavy (non-hydrogen) atoms. The number of esters is 2. The molecule has 0 amide bonds. The molecule has 4 aliphatic rings. The Bertz CT molecular complexity index is 820. The Morgan fingerprint density at radius 3 is 2.72 bits per heavy atom. The lowest BCUT2D eigenvalue weighted by Gasteiger charge is -2.46. The maximum Gasteiger partial charge on any atom is 0.334 e. The second-order valence-corrected chi connectivity index (χ2v) is 9.61. The van der Waals surface area contributed by atoms with Gasteiger partial charge in [0.2, 0.25) is 0 Å². The number of hydrogen-bond acceptors (Lipinski definition) is 9. The molecule has 2 heterocycles. The van der Waals surface area contributed by atoms with E-state index in [1.54, 1.807) is 0 Å². The predicted octanol–water partition coefficient (Wildman–Crippen LogP) is 0.752. The maximum atomic E-state index is 12.0. The molecule has 178 valence electrons. The van der Waals surface area contributed by atoms with Crippen molar-refractivity contribution in [3.05, 3.63) is 23.3 Å². The van der Waals surface area contributed by atoms with E-state index < -0.39 is 36.7 Å².